The Kier molecular flexibility index (Phi) is 4.92. The molecule has 2 saturated carbocycles. The van der Waals surface area contributed by atoms with Crippen LogP contribution in [0.25, 0.3) is 0 Å². The van der Waals surface area contributed by atoms with Crippen molar-refractivity contribution in [3.05, 3.63) is 11.8 Å². The maximum Gasteiger partial charge on any atom is 0.217 e. The molecule has 0 radical (unpaired) electrons. The lowest BCUT2D eigenvalue weighted by atomic mass is 9.90. The van der Waals surface area contributed by atoms with Crippen LogP contribution >= 0.6 is 0 Å². The average Bonchev–Trinajstić information content (AvgIpc) is 3.24. The highest BCUT2D eigenvalue weighted by Gasteiger charge is 2.31. The molecule has 0 spiro atoms. The van der Waals surface area contributed by atoms with Crippen molar-refractivity contribution in [2.24, 2.45) is 10.9 Å². The first-order chi connectivity index (χ1) is 12.6. The van der Waals surface area contributed by atoms with E-state index in [1.807, 2.05) is 4.68 Å². The molecular formula is C20H28N4O2. The van der Waals surface area contributed by atoms with Gasteiger partial charge in [0.05, 0.1) is 17.8 Å². The molecule has 1 aromatic heterocycles. The van der Waals surface area contributed by atoms with E-state index >= 15 is 0 Å². The van der Waals surface area contributed by atoms with E-state index in [-0.39, 0.29) is 23.8 Å². The van der Waals surface area contributed by atoms with Gasteiger partial charge < -0.3 is 5.32 Å². The van der Waals surface area contributed by atoms with Gasteiger partial charge in [-0.25, -0.2) is 9.67 Å². The minimum absolute atomic E-state index is 0.0187. The van der Waals surface area contributed by atoms with Crippen molar-refractivity contribution in [3.8, 4) is 0 Å². The zero-order chi connectivity index (χ0) is 18.1. The van der Waals surface area contributed by atoms with Gasteiger partial charge in [-0.3, -0.25) is 9.59 Å². The van der Waals surface area contributed by atoms with Crippen molar-refractivity contribution >= 4 is 23.2 Å². The molecule has 140 valence electrons. The summed E-state index contributed by atoms with van der Waals surface area (Å²) in [5.41, 5.74) is 1.70. The van der Waals surface area contributed by atoms with E-state index in [2.05, 4.69) is 10.4 Å². The molecule has 26 heavy (non-hydrogen) atoms. The predicted octanol–water partition coefficient (Wildman–Crippen LogP) is 3.74. The number of aliphatic imine (C=N–C) groups is 1. The van der Waals surface area contributed by atoms with Gasteiger partial charge in [-0.05, 0) is 38.0 Å². The molecule has 4 rings (SSSR count). The van der Waals surface area contributed by atoms with Gasteiger partial charge in [0.1, 0.15) is 0 Å². The van der Waals surface area contributed by atoms with Crippen LogP contribution in [-0.2, 0) is 4.79 Å². The van der Waals surface area contributed by atoms with E-state index in [1.165, 1.54) is 25.7 Å². The summed E-state index contributed by atoms with van der Waals surface area (Å²) in [4.78, 5) is 28.9. The number of carbonyl (C=O) groups excluding carboxylic acids is 2. The van der Waals surface area contributed by atoms with Crippen LogP contribution in [0.4, 0.5) is 5.82 Å². The summed E-state index contributed by atoms with van der Waals surface area (Å²) in [6.45, 7) is 1.57. The zero-order valence-corrected chi connectivity index (χ0v) is 15.5. The molecule has 3 aliphatic rings. The quantitative estimate of drug-likeness (QED) is 0.893. The van der Waals surface area contributed by atoms with Crippen LogP contribution in [0, 0.1) is 5.92 Å². The summed E-state index contributed by atoms with van der Waals surface area (Å²) in [7, 11) is 0. The minimum atomic E-state index is 0.0187. The third-order valence-electron chi connectivity index (χ3n) is 6.10. The largest absolute Gasteiger partial charge is 0.354 e. The monoisotopic (exact) mass is 356 g/mol. The summed E-state index contributed by atoms with van der Waals surface area (Å²) in [5.74, 6) is 1.62. The Morgan fingerprint density at radius 3 is 2.81 bits per heavy atom. The Hall–Kier alpha value is -1.98. The van der Waals surface area contributed by atoms with Crippen LogP contribution < -0.4 is 5.32 Å². The fraction of sp³-hybridized carbons (Fsp3) is 0.700. The molecule has 0 aromatic carbocycles. The average molecular weight is 356 g/mol. The van der Waals surface area contributed by atoms with Crippen LogP contribution in [0.15, 0.2) is 11.2 Å². The van der Waals surface area contributed by atoms with Crippen LogP contribution in [0.1, 0.15) is 87.5 Å². The number of hydrogen-bond donors (Lipinski definition) is 1. The van der Waals surface area contributed by atoms with Crippen LogP contribution in [-0.4, -0.2) is 33.2 Å². The molecule has 1 amide bonds. The molecule has 0 bridgehead atoms. The molecule has 2 fully saturated rings. The predicted molar refractivity (Wildman–Crippen MR) is 100.0 cm³/mol. The van der Waals surface area contributed by atoms with Gasteiger partial charge in [0.25, 0.3) is 0 Å². The maximum absolute atomic E-state index is 12.6. The van der Waals surface area contributed by atoms with Gasteiger partial charge in [-0.15, -0.1) is 0 Å². The van der Waals surface area contributed by atoms with Crippen molar-refractivity contribution in [1.82, 2.24) is 15.1 Å². The smallest absolute Gasteiger partial charge is 0.217 e. The normalized spacial score (nSPS) is 26.5. The summed E-state index contributed by atoms with van der Waals surface area (Å²) in [6, 6.07) is 0.388. The van der Waals surface area contributed by atoms with E-state index in [4.69, 9.17) is 4.99 Å². The van der Waals surface area contributed by atoms with Crippen LogP contribution in [0.5, 0.6) is 0 Å². The van der Waals surface area contributed by atoms with Crippen molar-refractivity contribution in [2.75, 3.05) is 0 Å². The SMILES string of the molecule is CC(=O)N[C@H]1CCC[C@@H](n2ncc3c2N=C(CC2CCCC2)CC3=O)C1. The molecule has 1 aromatic rings. The lowest BCUT2D eigenvalue weighted by Gasteiger charge is -2.30. The Labute approximate surface area is 154 Å². The third-order valence-corrected chi connectivity index (χ3v) is 6.10. The summed E-state index contributed by atoms with van der Waals surface area (Å²) >= 11 is 0. The summed E-state index contributed by atoms with van der Waals surface area (Å²) < 4.78 is 1.95. The molecule has 0 saturated heterocycles. The second-order valence-electron chi connectivity index (χ2n) is 8.18. The fourth-order valence-electron chi connectivity index (χ4n) is 4.87. The second-order valence-corrected chi connectivity index (χ2v) is 8.18. The molecular weight excluding hydrogens is 328 g/mol. The van der Waals surface area contributed by atoms with E-state index in [1.54, 1.807) is 13.1 Å². The first-order valence-corrected chi connectivity index (χ1v) is 10.0. The number of hydrogen-bond acceptors (Lipinski definition) is 4. The summed E-state index contributed by atoms with van der Waals surface area (Å²) in [5, 5.41) is 7.56. The standard InChI is InChI=1S/C20H28N4O2/c1-13(25)22-15-7-4-8-17(10-15)24-20-18(12-21-24)19(26)11-16(23-20)9-14-5-2-3-6-14/h12,14-15,17H,2-11H2,1H3,(H,22,25)/t15-,17+/m0/s1. The highest BCUT2D eigenvalue weighted by molar-refractivity contribution is 6.15. The molecule has 6 nitrogen and oxygen atoms in total. The van der Waals surface area contributed by atoms with Gasteiger partial charge in [0.15, 0.2) is 11.6 Å². The number of aromatic nitrogens is 2. The van der Waals surface area contributed by atoms with E-state index in [0.717, 1.165) is 43.6 Å². The van der Waals surface area contributed by atoms with Crippen LogP contribution in [0.3, 0.4) is 0 Å². The molecule has 2 aliphatic carbocycles. The molecule has 0 unspecified atom stereocenters. The highest BCUT2D eigenvalue weighted by atomic mass is 16.1. The lowest BCUT2D eigenvalue weighted by molar-refractivity contribution is -0.119. The number of amides is 1. The van der Waals surface area contributed by atoms with E-state index in [0.29, 0.717) is 17.9 Å². The number of fused-ring (bicyclic) bond motifs is 1. The van der Waals surface area contributed by atoms with Gasteiger partial charge in [0, 0.05) is 25.1 Å². The number of carbonyl (C=O) groups is 2. The number of ketones is 1. The molecule has 2 heterocycles. The fourth-order valence-corrected chi connectivity index (χ4v) is 4.87. The van der Waals surface area contributed by atoms with Crippen LogP contribution in [0.2, 0.25) is 0 Å². The van der Waals surface area contributed by atoms with Crippen molar-refractivity contribution in [3.63, 3.8) is 0 Å². The number of rotatable bonds is 4. The Balaban J connectivity index is 1.55. The lowest BCUT2D eigenvalue weighted by Crippen LogP contribution is -2.37. The van der Waals surface area contributed by atoms with E-state index in [9.17, 15) is 9.59 Å². The van der Waals surface area contributed by atoms with Crippen molar-refractivity contribution in [2.45, 2.75) is 83.2 Å². The van der Waals surface area contributed by atoms with Crippen molar-refractivity contribution < 1.29 is 9.59 Å². The van der Waals surface area contributed by atoms with Crippen molar-refractivity contribution in [1.29, 1.82) is 0 Å². The zero-order valence-electron chi connectivity index (χ0n) is 15.5. The second kappa shape index (κ2) is 7.33. The molecule has 1 N–H and O–H groups in total. The molecule has 6 heteroatoms. The van der Waals surface area contributed by atoms with Gasteiger partial charge in [0.2, 0.25) is 5.91 Å². The molecule has 1 aliphatic heterocycles. The minimum Gasteiger partial charge on any atom is -0.354 e. The Morgan fingerprint density at radius 2 is 2.04 bits per heavy atom. The Bertz CT molecular complexity index is 730. The Morgan fingerprint density at radius 1 is 1.23 bits per heavy atom. The third kappa shape index (κ3) is 3.60. The number of nitrogens with zero attached hydrogens (tertiary/aromatic N) is 3. The van der Waals surface area contributed by atoms with E-state index < -0.39 is 0 Å². The highest BCUT2D eigenvalue weighted by Crippen LogP contribution is 2.37. The maximum atomic E-state index is 12.6. The topological polar surface area (TPSA) is 76.3 Å². The van der Waals surface area contributed by atoms with Gasteiger partial charge in [-0.2, -0.15) is 5.10 Å². The number of nitrogens with one attached hydrogen (secondary N) is 1. The van der Waals surface area contributed by atoms with Gasteiger partial charge >= 0.3 is 0 Å². The first kappa shape index (κ1) is 17.4. The summed E-state index contributed by atoms with van der Waals surface area (Å²) in [6.07, 6.45) is 12.2. The molecule has 2 atom stereocenters. The first-order valence-electron chi connectivity index (χ1n) is 10.0. The van der Waals surface area contributed by atoms with Gasteiger partial charge in [-0.1, -0.05) is 25.7 Å². The number of Topliss-reactive ketones (excluding diaryl/α,β-unsaturated/α-hetero) is 1.